The van der Waals surface area contributed by atoms with Gasteiger partial charge in [-0.25, -0.2) is 0 Å². The molecule has 6 heteroatoms. The van der Waals surface area contributed by atoms with Gasteiger partial charge in [-0.15, -0.1) is 0 Å². The Morgan fingerprint density at radius 1 is 0.875 bits per heavy atom. The summed E-state index contributed by atoms with van der Waals surface area (Å²) in [5, 5.41) is 1.70. The summed E-state index contributed by atoms with van der Waals surface area (Å²) >= 11 is 0. The van der Waals surface area contributed by atoms with Crippen LogP contribution in [0.15, 0.2) is 11.3 Å². The standard InChI is InChI=1S/C18H40N4Si2/c1-5-17(2)23-15-6-16-24-18(21-11-7-19(3)8-12-21)22-13-9-20(4)10-14-22/h5,18H,6-16,23-24H2,1-4H3. The van der Waals surface area contributed by atoms with E-state index in [0.29, 0.717) is 0 Å². The second-order valence-electron chi connectivity index (χ2n) is 7.89. The van der Waals surface area contributed by atoms with Gasteiger partial charge in [0.15, 0.2) is 0 Å². The fourth-order valence-electron chi connectivity index (χ4n) is 3.89. The first-order chi connectivity index (χ1) is 11.6. The van der Waals surface area contributed by atoms with Crippen molar-refractivity contribution < 1.29 is 0 Å². The molecule has 0 atom stereocenters. The number of likely N-dealkylation sites (N-methyl/N-ethyl adjacent to an activating group) is 2. The Balaban J connectivity index is 1.81. The SMILES string of the molecule is CC=C(C)[SiH2]CCC[SiH2]C(N1CCN(C)CC1)N1CCN(C)CC1. The van der Waals surface area contributed by atoms with Crippen LogP contribution < -0.4 is 0 Å². The third-order valence-electron chi connectivity index (χ3n) is 5.94. The van der Waals surface area contributed by atoms with E-state index < -0.39 is 0 Å². The minimum atomic E-state index is -0.0318. The zero-order valence-corrected chi connectivity index (χ0v) is 19.5. The summed E-state index contributed by atoms with van der Waals surface area (Å²) in [6.07, 6.45) is 3.84. The third-order valence-corrected chi connectivity index (χ3v) is 10.5. The van der Waals surface area contributed by atoms with Crippen LogP contribution in [0.4, 0.5) is 0 Å². The van der Waals surface area contributed by atoms with Gasteiger partial charge >= 0.3 is 0 Å². The number of hydrogen-bond acceptors (Lipinski definition) is 4. The summed E-state index contributed by atoms with van der Waals surface area (Å²) in [5.41, 5.74) is 0. The zero-order valence-electron chi connectivity index (χ0n) is 16.6. The van der Waals surface area contributed by atoms with Crippen molar-refractivity contribution in [3.05, 3.63) is 11.3 Å². The Hall–Kier alpha value is 0.0138. The zero-order chi connectivity index (χ0) is 17.4. The van der Waals surface area contributed by atoms with Crippen LogP contribution in [-0.2, 0) is 0 Å². The Labute approximate surface area is 154 Å². The van der Waals surface area contributed by atoms with E-state index in [1.165, 1.54) is 64.8 Å². The first-order valence-corrected chi connectivity index (χ1v) is 13.6. The fourth-order valence-corrected chi connectivity index (χ4v) is 8.51. The van der Waals surface area contributed by atoms with Crippen LogP contribution in [-0.4, -0.2) is 111 Å². The van der Waals surface area contributed by atoms with Crippen LogP contribution in [0.2, 0.25) is 12.1 Å². The van der Waals surface area contributed by atoms with Crippen molar-refractivity contribution in [2.24, 2.45) is 0 Å². The largest absolute Gasteiger partial charge is 0.304 e. The molecule has 2 aliphatic rings. The molecule has 0 radical (unpaired) electrons. The fraction of sp³-hybridized carbons (Fsp3) is 0.889. The normalized spacial score (nSPS) is 24.3. The smallest absolute Gasteiger partial charge is 0.0591 e. The summed E-state index contributed by atoms with van der Waals surface area (Å²) in [5.74, 6) is 0.830. The van der Waals surface area contributed by atoms with Gasteiger partial charge in [0.25, 0.3) is 0 Å². The van der Waals surface area contributed by atoms with Crippen LogP contribution in [0, 0.1) is 0 Å². The van der Waals surface area contributed by atoms with Gasteiger partial charge in [-0.2, -0.15) is 0 Å². The maximum absolute atomic E-state index is 2.84. The van der Waals surface area contributed by atoms with Crippen LogP contribution in [0.1, 0.15) is 20.3 Å². The second kappa shape index (κ2) is 10.9. The van der Waals surface area contributed by atoms with Crippen molar-refractivity contribution in [3.8, 4) is 0 Å². The van der Waals surface area contributed by atoms with Gasteiger partial charge in [-0.1, -0.05) is 29.8 Å². The summed E-state index contributed by atoms with van der Waals surface area (Å²) in [7, 11) is 4.58. The topological polar surface area (TPSA) is 13.0 Å². The summed E-state index contributed by atoms with van der Waals surface area (Å²) in [4.78, 5) is 10.7. The van der Waals surface area contributed by atoms with E-state index in [1.54, 1.807) is 11.2 Å². The van der Waals surface area contributed by atoms with Crippen molar-refractivity contribution >= 4 is 19.0 Å². The number of nitrogens with zero attached hydrogens (tertiary/aromatic N) is 4. The number of piperazine rings is 2. The molecule has 0 aromatic carbocycles. The maximum Gasteiger partial charge on any atom is 0.0591 e. The van der Waals surface area contributed by atoms with Crippen molar-refractivity contribution in [1.29, 1.82) is 0 Å². The molecule has 24 heavy (non-hydrogen) atoms. The average molecular weight is 369 g/mol. The Kier molecular flexibility index (Phi) is 9.22. The highest BCUT2D eigenvalue weighted by Gasteiger charge is 2.29. The molecule has 0 spiro atoms. The van der Waals surface area contributed by atoms with E-state index in [9.17, 15) is 0 Å². The van der Waals surface area contributed by atoms with Crippen molar-refractivity contribution in [3.63, 3.8) is 0 Å². The Morgan fingerprint density at radius 3 is 1.83 bits per heavy atom. The first-order valence-electron chi connectivity index (χ1n) is 10.1. The van der Waals surface area contributed by atoms with Gasteiger partial charge < -0.3 is 9.80 Å². The van der Waals surface area contributed by atoms with Gasteiger partial charge in [0.1, 0.15) is 0 Å². The molecule has 0 saturated carbocycles. The van der Waals surface area contributed by atoms with Gasteiger partial charge in [0.2, 0.25) is 0 Å². The maximum atomic E-state index is 2.84. The Morgan fingerprint density at radius 2 is 1.38 bits per heavy atom. The van der Waals surface area contributed by atoms with E-state index in [1.807, 2.05) is 0 Å². The highest BCUT2D eigenvalue weighted by atomic mass is 28.2. The lowest BCUT2D eigenvalue weighted by Gasteiger charge is -2.46. The van der Waals surface area contributed by atoms with Crippen molar-refractivity contribution in [1.82, 2.24) is 19.6 Å². The van der Waals surface area contributed by atoms with Crippen molar-refractivity contribution in [2.75, 3.05) is 66.5 Å². The van der Waals surface area contributed by atoms with Gasteiger partial charge in [-0.05, 0) is 27.9 Å². The molecule has 2 fully saturated rings. The van der Waals surface area contributed by atoms with E-state index >= 15 is 0 Å². The lowest BCUT2D eigenvalue weighted by atomic mass is 10.3. The molecule has 2 heterocycles. The van der Waals surface area contributed by atoms with Crippen LogP contribution in [0.5, 0.6) is 0 Å². The molecule has 0 aliphatic carbocycles. The number of rotatable bonds is 8. The van der Waals surface area contributed by atoms with Gasteiger partial charge in [0.05, 0.1) is 9.52 Å². The molecule has 4 nitrogen and oxygen atoms in total. The summed E-state index contributed by atoms with van der Waals surface area (Å²) < 4.78 is 0. The van der Waals surface area contributed by atoms with Crippen LogP contribution in [0.3, 0.4) is 0 Å². The summed E-state index contributed by atoms with van der Waals surface area (Å²) in [6, 6.07) is 3.08. The molecule has 0 amide bonds. The lowest BCUT2D eigenvalue weighted by molar-refractivity contribution is 0.0311. The molecule has 0 aromatic heterocycles. The molecule has 2 saturated heterocycles. The predicted molar refractivity (Wildman–Crippen MR) is 113 cm³/mol. The molecule has 0 aromatic rings. The van der Waals surface area contributed by atoms with Crippen LogP contribution in [0.25, 0.3) is 0 Å². The highest BCUT2D eigenvalue weighted by Crippen LogP contribution is 2.14. The van der Waals surface area contributed by atoms with E-state index in [2.05, 4.69) is 53.6 Å². The first kappa shape index (κ1) is 20.3. The number of allylic oxidation sites excluding steroid dienone is 2. The third kappa shape index (κ3) is 6.73. The minimum Gasteiger partial charge on any atom is -0.304 e. The molecule has 0 unspecified atom stereocenters. The molecule has 140 valence electrons. The van der Waals surface area contributed by atoms with Crippen molar-refractivity contribution in [2.45, 2.75) is 38.1 Å². The molecule has 0 bridgehead atoms. The molecule has 0 N–H and O–H groups in total. The monoisotopic (exact) mass is 368 g/mol. The van der Waals surface area contributed by atoms with Gasteiger partial charge in [-0.3, -0.25) is 9.80 Å². The van der Waals surface area contributed by atoms with E-state index in [-0.39, 0.29) is 19.0 Å². The highest BCUT2D eigenvalue weighted by molar-refractivity contribution is 6.45. The van der Waals surface area contributed by atoms with E-state index in [4.69, 9.17) is 0 Å². The molecular formula is C18H40N4Si2. The molecular weight excluding hydrogens is 328 g/mol. The van der Waals surface area contributed by atoms with E-state index in [0.717, 1.165) is 5.79 Å². The minimum absolute atomic E-state index is 0.0318. The molecule has 2 rings (SSSR count). The number of hydrogen-bond donors (Lipinski definition) is 0. The molecule has 2 aliphatic heterocycles. The van der Waals surface area contributed by atoms with Crippen LogP contribution >= 0.6 is 0 Å². The second-order valence-corrected chi connectivity index (χ2v) is 12.2. The van der Waals surface area contributed by atoms with Gasteiger partial charge in [0, 0.05) is 67.7 Å². The average Bonchev–Trinajstić information content (AvgIpc) is 2.60. The predicted octanol–water partition coefficient (Wildman–Crippen LogP) is 0.253. The summed E-state index contributed by atoms with van der Waals surface area (Å²) in [6.45, 7) is 14.7. The Bertz CT molecular complexity index is 353. The lowest BCUT2D eigenvalue weighted by Crippen LogP contribution is -2.61. The quantitative estimate of drug-likeness (QED) is 0.450.